The number of fused-ring (bicyclic) bond motifs is 4. The molecule has 7 heteroatoms. The molecule has 1 amide bonds. The normalized spacial score (nSPS) is 11.3. The third kappa shape index (κ3) is 4.23. The molecular weight excluding hydrogens is 482 g/mol. The number of anilines is 1. The van der Waals surface area contributed by atoms with Gasteiger partial charge in [-0.15, -0.1) is 11.3 Å². The van der Waals surface area contributed by atoms with Crippen molar-refractivity contribution in [3.05, 3.63) is 96.6 Å². The predicted molar refractivity (Wildman–Crippen MR) is 149 cm³/mol. The highest BCUT2D eigenvalue weighted by Crippen LogP contribution is 2.33. The van der Waals surface area contributed by atoms with E-state index in [-0.39, 0.29) is 6.61 Å². The van der Waals surface area contributed by atoms with Crippen LogP contribution in [-0.2, 0) is 16.1 Å². The SMILES string of the molecule is CCn1c2ccccc2c2cc(NC(=O)COC(=O)c3ccccc3-c3nc4ccccc4s3)ccc21. The first kappa shape index (κ1) is 22.9. The number of hydrogen-bond acceptors (Lipinski definition) is 5. The lowest BCUT2D eigenvalue weighted by Crippen LogP contribution is -2.21. The maximum absolute atomic E-state index is 12.9. The van der Waals surface area contributed by atoms with Crippen molar-refractivity contribution >= 4 is 60.9 Å². The van der Waals surface area contributed by atoms with Crippen LogP contribution in [0.25, 0.3) is 42.6 Å². The summed E-state index contributed by atoms with van der Waals surface area (Å²) in [5, 5.41) is 5.79. The summed E-state index contributed by atoms with van der Waals surface area (Å²) in [4.78, 5) is 30.3. The lowest BCUT2D eigenvalue weighted by atomic mass is 10.1. The number of amides is 1. The molecule has 6 nitrogen and oxygen atoms in total. The smallest absolute Gasteiger partial charge is 0.339 e. The van der Waals surface area contributed by atoms with E-state index in [0.29, 0.717) is 16.8 Å². The molecule has 0 aliphatic heterocycles. The first-order valence-corrected chi connectivity index (χ1v) is 12.9. The number of aryl methyl sites for hydroxylation is 1. The van der Waals surface area contributed by atoms with Crippen LogP contribution < -0.4 is 5.32 Å². The van der Waals surface area contributed by atoms with Crippen LogP contribution in [-0.4, -0.2) is 28.0 Å². The second-order valence-electron chi connectivity index (χ2n) is 8.65. The molecule has 2 heterocycles. The van der Waals surface area contributed by atoms with Crippen molar-refractivity contribution < 1.29 is 14.3 Å². The monoisotopic (exact) mass is 505 g/mol. The molecule has 6 aromatic rings. The summed E-state index contributed by atoms with van der Waals surface area (Å²) in [5.74, 6) is -0.962. The molecule has 2 aromatic heterocycles. The second kappa shape index (κ2) is 9.52. The Hall–Kier alpha value is -4.49. The zero-order valence-corrected chi connectivity index (χ0v) is 20.9. The molecule has 0 saturated heterocycles. The van der Waals surface area contributed by atoms with Crippen LogP contribution in [0.4, 0.5) is 5.69 Å². The van der Waals surface area contributed by atoms with Gasteiger partial charge in [0.1, 0.15) is 5.01 Å². The summed E-state index contributed by atoms with van der Waals surface area (Å²) < 4.78 is 8.69. The summed E-state index contributed by atoms with van der Waals surface area (Å²) in [6.45, 7) is 2.58. The number of nitrogens with zero attached hydrogens (tertiary/aromatic N) is 2. The van der Waals surface area contributed by atoms with Gasteiger partial charge < -0.3 is 14.6 Å². The Bertz CT molecular complexity index is 1770. The number of carbonyl (C=O) groups excluding carboxylic acids is 2. The number of esters is 1. The Labute approximate surface area is 217 Å². The van der Waals surface area contributed by atoms with E-state index in [1.54, 1.807) is 12.1 Å². The van der Waals surface area contributed by atoms with Gasteiger partial charge in [0.15, 0.2) is 6.61 Å². The summed E-state index contributed by atoms with van der Waals surface area (Å²) in [6, 6.07) is 29.1. The van der Waals surface area contributed by atoms with Gasteiger partial charge in [0.2, 0.25) is 0 Å². The Kier molecular flexibility index (Phi) is 5.90. The molecule has 0 aliphatic carbocycles. The van der Waals surface area contributed by atoms with Gasteiger partial charge in [0, 0.05) is 39.6 Å². The zero-order chi connectivity index (χ0) is 25.4. The number of aromatic nitrogens is 2. The van der Waals surface area contributed by atoms with Gasteiger partial charge >= 0.3 is 5.97 Å². The van der Waals surface area contributed by atoms with Crippen LogP contribution in [0.5, 0.6) is 0 Å². The number of nitrogens with one attached hydrogen (secondary N) is 1. The number of ether oxygens (including phenoxy) is 1. The minimum atomic E-state index is -0.563. The number of hydrogen-bond donors (Lipinski definition) is 1. The fraction of sp³-hybridized carbons (Fsp3) is 0.100. The molecule has 0 unspecified atom stereocenters. The summed E-state index contributed by atoms with van der Waals surface area (Å²) in [5.41, 5.74) is 4.87. The van der Waals surface area contributed by atoms with Gasteiger partial charge in [0.05, 0.1) is 15.8 Å². The molecule has 0 radical (unpaired) electrons. The molecule has 1 N–H and O–H groups in total. The van der Waals surface area contributed by atoms with E-state index in [1.807, 2.05) is 66.7 Å². The van der Waals surface area contributed by atoms with Crippen LogP contribution in [0.2, 0.25) is 0 Å². The van der Waals surface area contributed by atoms with Gasteiger partial charge in [-0.3, -0.25) is 4.79 Å². The highest BCUT2D eigenvalue weighted by molar-refractivity contribution is 7.21. The van der Waals surface area contributed by atoms with E-state index in [9.17, 15) is 9.59 Å². The van der Waals surface area contributed by atoms with Crippen molar-refractivity contribution in [2.75, 3.05) is 11.9 Å². The van der Waals surface area contributed by atoms with E-state index in [1.165, 1.54) is 11.3 Å². The van der Waals surface area contributed by atoms with Crippen molar-refractivity contribution in [3.8, 4) is 10.6 Å². The van der Waals surface area contributed by atoms with Gasteiger partial charge in [0.25, 0.3) is 5.91 Å². The number of para-hydroxylation sites is 2. The highest BCUT2D eigenvalue weighted by atomic mass is 32.1. The maximum atomic E-state index is 12.9. The van der Waals surface area contributed by atoms with Crippen LogP contribution in [0.15, 0.2) is 91.0 Å². The van der Waals surface area contributed by atoms with E-state index < -0.39 is 11.9 Å². The molecule has 37 heavy (non-hydrogen) atoms. The van der Waals surface area contributed by atoms with E-state index in [4.69, 9.17) is 4.74 Å². The van der Waals surface area contributed by atoms with Crippen LogP contribution >= 0.6 is 11.3 Å². The third-order valence-electron chi connectivity index (χ3n) is 6.38. The van der Waals surface area contributed by atoms with Crippen molar-refractivity contribution in [2.45, 2.75) is 13.5 Å². The molecule has 0 atom stereocenters. The fourth-order valence-electron chi connectivity index (χ4n) is 4.71. The van der Waals surface area contributed by atoms with Gasteiger partial charge in [-0.05, 0) is 49.4 Å². The average molecular weight is 506 g/mol. The van der Waals surface area contributed by atoms with Crippen LogP contribution in [0, 0.1) is 0 Å². The standard InChI is InChI=1S/C30H23N3O3S/c1-2-33-25-13-7-5-9-20(25)23-17-19(15-16-26(23)33)31-28(34)18-36-30(35)22-11-4-3-10-21(22)29-32-24-12-6-8-14-27(24)37-29/h3-17H,2,18H2,1H3,(H,31,34). The number of carbonyl (C=O) groups is 2. The quantitative estimate of drug-likeness (QED) is 0.250. The minimum Gasteiger partial charge on any atom is -0.452 e. The second-order valence-corrected chi connectivity index (χ2v) is 9.68. The van der Waals surface area contributed by atoms with Gasteiger partial charge in [-0.25, -0.2) is 9.78 Å². The first-order chi connectivity index (χ1) is 18.1. The summed E-state index contributed by atoms with van der Waals surface area (Å²) in [7, 11) is 0. The van der Waals surface area contributed by atoms with Crippen molar-refractivity contribution in [2.24, 2.45) is 0 Å². The van der Waals surface area contributed by atoms with Crippen LogP contribution in [0.3, 0.4) is 0 Å². The average Bonchev–Trinajstić information content (AvgIpc) is 3.50. The first-order valence-electron chi connectivity index (χ1n) is 12.1. The maximum Gasteiger partial charge on any atom is 0.339 e. The summed E-state index contributed by atoms with van der Waals surface area (Å²) >= 11 is 1.51. The lowest BCUT2D eigenvalue weighted by molar-refractivity contribution is -0.119. The Morgan fingerprint density at radius 2 is 1.65 bits per heavy atom. The number of rotatable bonds is 6. The molecule has 0 spiro atoms. The number of benzene rings is 4. The van der Waals surface area contributed by atoms with Gasteiger partial charge in [-0.1, -0.05) is 48.5 Å². The fourth-order valence-corrected chi connectivity index (χ4v) is 5.72. The Morgan fingerprint density at radius 1 is 0.892 bits per heavy atom. The molecule has 0 aliphatic rings. The molecule has 182 valence electrons. The van der Waals surface area contributed by atoms with E-state index in [2.05, 4.69) is 33.9 Å². The van der Waals surface area contributed by atoms with Gasteiger partial charge in [-0.2, -0.15) is 0 Å². The Morgan fingerprint density at radius 3 is 2.51 bits per heavy atom. The molecule has 0 saturated carbocycles. The minimum absolute atomic E-state index is 0.378. The molecule has 0 bridgehead atoms. The topological polar surface area (TPSA) is 73.2 Å². The predicted octanol–water partition coefficient (Wildman–Crippen LogP) is 6.89. The van der Waals surface area contributed by atoms with E-state index in [0.717, 1.165) is 43.6 Å². The Balaban J connectivity index is 1.19. The summed E-state index contributed by atoms with van der Waals surface area (Å²) in [6.07, 6.45) is 0. The largest absolute Gasteiger partial charge is 0.452 e. The zero-order valence-electron chi connectivity index (χ0n) is 20.1. The van der Waals surface area contributed by atoms with Crippen molar-refractivity contribution in [1.82, 2.24) is 9.55 Å². The molecule has 0 fully saturated rings. The lowest BCUT2D eigenvalue weighted by Gasteiger charge is -2.09. The third-order valence-corrected chi connectivity index (χ3v) is 7.45. The molecule has 6 rings (SSSR count). The number of thiazole rings is 1. The highest BCUT2D eigenvalue weighted by Gasteiger charge is 2.18. The van der Waals surface area contributed by atoms with Crippen molar-refractivity contribution in [3.63, 3.8) is 0 Å². The van der Waals surface area contributed by atoms with Crippen LogP contribution in [0.1, 0.15) is 17.3 Å². The van der Waals surface area contributed by atoms with E-state index >= 15 is 0 Å². The van der Waals surface area contributed by atoms with Crippen molar-refractivity contribution in [1.29, 1.82) is 0 Å². The molecule has 4 aromatic carbocycles. The molecular formula is C30H23N3O3S.